The van der Waals surface area contributed by atoms with E-state index in [0.29, 0.717) is 37.4 Å². The van der Waals surface area contributed by atoms with Crippen molar-refractivity contribution in [2.24, 2.45) is 0 Å². The van der Waals surface area contributed by atoms with Gasteiger partial charge in [0.25, 0.3) is 0 Å². The minimum atomic E-state index is -0.709. The van der Waals surface area contributed by atoms with Gasteiger partial charge in [0.1, 0.15) is 23.7 Å². The Kier molecular flexibility index (Phi) is 9.30. The van der Waals surface area contributed by atoms with Crippen LogP contribution in [-0.4, -0.2) is 66.2 Å². The topological polar surface area (TPSA) is 89.9 Å². The fourth-order valence-electron chi connectivity index (χ4n) is 8.19. The fraction of sp³-hybridized carbons (Fsp3) is 0.513. The lowest BCUT2D eigenvalue weighted by Gasteiger charge is -2.52. The summed E-state index contributed by atoms with van der Waals surface area (Å²) < 4.78 is 31.1. The number of hydrogen-bond acceptors (Lipinski definition) is 8. The van der Waals surface area contributed by atoms with Crippen LogP contribution in [0, 0.1) is 20.8 Å². The van der Waals surface area contributed by atoms with Crippen LogP contribution in [0.25, 0.3) is 0 Å². The second-order valence-electron chi connectivity index (χ2n) is 14.3. The number of carbonyl (C=O) groups excluding carboxylic acids is 1. The molecule has 0 spiro atoms. The van der Waals surface area contributed by atoms with Crippen molar-refractivity contribution in [3.63, 3.8) is 0 Å². The molecular weight excluding hydrogens is 608 g/mol. The van der Waals surface area contributed by atoms with Crippen molar-refractivity contribution < 1.29 is 33.6 Å². The Morgan fingerprint density at radius 3 is 2.35 bits per heavy atom. The quantitative estimate of drug-likeness (QED) is 0.287. The van der Waals surface area contributed by atoms with Crippen molar-refractivity contribution in [3.8, 4) is 23.0 Å². The predicted octanol–water partition coefficient (Wildman–Crippen LogP) is 7.13. The first-order valence-corrected chi connectivity index (χ1v) is 17.0. The predicted molar refractivity (Wildman–Crippen MR) is 184 cm³/mol. The van der Waals surface area contributed by atoms with Crippen LogP contribution in [0.1, 0.15) is 90.7 Å². The van der Waals surface area contributed by atoms with Crippen LogP contribution in [0.2, 0.25) is 0 Å². The van der Waals surface area contributed by atoms with Crippen LogP contribution >= 0.6 is 0 Å². The summed E-state index contributed by atoms with van der Waals surface area (Å²) in [4.78, 5) is 18.7. The number of nitrogens with zero attached hydrogens (tertiary/aromatic N) is 2. The van der Waals surface area contributed by atoms with Crippen LogP contribution in [0.5, 0.6) is 23.0 Å². The van der Waals surface area contributed by atoms with Gasteiger partial charge in [-0.15, -0.1) is 0 Å². The Morgan fingerprint density at radius 1 is 1.00 bits per heavy atom. The van der Waals surface area contributed by atoms with Gasteiger partial charge in [-0.3, -0.25) is 9.80 Å². The third kappa shape index (κ3) is 5.85. The molecule has 1 unspecified atom stereocenters. The SMILES string of the molecule is CC[C@H]1c2c(c(OCc3ccccc3)c(C)c3c2OCO3)C[C@@H](C2c3c(cc(C)c(OC)c3C)C[C@@H](CO)N2C)N1C(=O)OC(C)(C)C. The van der Waals surface area contributed by atoms with Crippen LogP contribution in [0.15, 0.2) is 36.4 Å². The van der Waals surface area contributed by atoms with Crippen molar-refractivity contribution in [1.29, 1.82) is 0 Å². The number of carbonyl (C=O) groups is 1. The van der Waals surface area contributed by atoms with E-state index in [9.17, 15) is 9.90 Å². The molecule has 3 aliphatic rings. The van der Waals surface area contributed by atoms with E-state index in [-0.39, 0.29) is 43.7 Å². The zero-order valence-corrected chi connectivity index (χ0v) is 29.8. The first kappa shape index (κ1) is 33.9. The van der Waals surface area contributed by atoms with Gasteiger partial charge in [-0.05, 0) is 95.7 Å². The molecule has 3 aliphatic heterocycles. The second-order valence-corrected chi connectivity index (χ2v) is 14.3. The highest BCUT2D eigenvalue weighted by molar-refractivity contribution is 5.73. The number of rotatable bonds is 7. The Bertz CT molecular complexity index is 1680. The molecule has 3 heterocycles. The van der Waals surface area contributed by atoms with E-state index in [1.807, 2.05) is 50.8 Å². The van der Waals surface area contributed by atoms with Crippen molar-refractivity contribution in [1.82, 2.24) is 9.80 Å². The number of fused-ring (bicyclic) bond motifs is 4. The third-order valence-corrected chi connectivity index (χ3v) is 10.2. The molecule has 258 valence electrons. The van der Waals surface area contributed by atoms with Gasteiger partial charge in [-0.1, -0.05) is 43.3 Å². The normalized spacial score (nSPS) is 21.8. The number of methoxy groups -OCH3 is 1. The molecule has 0 radical (unpaired) electrons. The number of likely N-dealkylation sites (N-methyl/N-ethyl adjacent to an activating group) is 1. The summed E-state index contributed by atoms with van der Waals surface area (Å²) in [5, 5.41) is 10.7. The first-order valence-electron chi connectivity index (χ1n) is 17.0. The van der Waals surface area contributed by atoms with E-state index in [2.05, 4.69) is 50.9 Å². The van der Waals surface area contributed by atoms with E-state index >= 15 is 0 Å². The van der Waals surface area contributed by atoms with Gasteiger partial charge in [0, 0.05) is 22.7 Å². The average molecular weight is 659 g/mol. The summed E-state index contributed by atoms with van der Waals surface area (Å²) in [7, 11) is 3.76. The van der Waals surface area contributed by atoms with Gasteiger partial charge in [0.15, 0.2) is 11.5 Å². The third-order valence-electron chi connectivity index (χ3n) is 10.2. The number of aliphatic hydroxyl groups is 1. The molecular formula is C39H50N2O7. The lowest BCUT2D eigenvalue weighted by molar-refractivity contribution is -0.0249. The molecule has 0 bridgehead atoms. The highest BCUT2D eigenvalue weighted by Gasteiger charge is 2.50. The molecule has 48 heavy (non-hydrogen) atoms. The number of amides is 1. The molecule has 6 rings (SSSR count). The molecule has 9 nitrogen and oxygen atoms in total. The summed E-state index contributed by atoms with van der Waals surface area (Å²) in [6.07, 6.45) is 1.40. The number of hydrogen-bond donors (Lipinski definition) is 1. The Balaban J connectivity index is 1.59. The van der Waals surface area contributed by atoms with Crippen LogP contribution in [0.3, 0.4) is 0 Å². The van der Waals surface area contributed by atoms with Crippen LogP contribution in [-0.2, 0) is 24.2 Å². The largest absolute Gasteiger partial charge is 0.496 e. The molecule has 9 heteroatoms. The Hall–Kier alpha value is -3.95. The zero-order chi connectivity index (χ0) is 34.5. The molecule has 3 aromatic rings. The lowest BCUT2D eigenvalue weighted by Crippen LogP contribution is -2.57. The maximum Gasteiger partial charge on any atom is 0.411 e. The molecule has 0 saturated heterocycles. The maximum atomic E-state index is 14.5. The molecule has 1 N–H and O–H groups in total. The summed E-state index contributed by atoms with van der Waals surface area (Å²) in [6.45, 7) is 14.5. The van der Waals surface area contributed by atoms with E-state index in [4.69, 9.17) is 23.7 Å². The second kappa shape index (κ2) is 13.2. The first-order chi connectivity index (χ1) is 22.9. The van der Waals surface area contributed by atoms with Crippen LogP contribution in [0.4, 0.5) is 4.79 Å². The van der Waals surface area contributed by atoms with E-state index in [1.165, 1.54) is 5.56 Å². The highest BCUT2D eigenvalue weighted by atomic mass is 16.7. The highest BCUT2D eigenvalue weighted by Crippen LogP contribution is 2.56. The van der Waals surface area contributed by atoms with E-state index in [0.717, 1.165) is 50.4 Å². The Morgan fingerprint density at radius 2 is 1.71 bits per heavy atom. The smallest absolute Gasteiger partial charge is 0.411 e. The lowest BCUT2D eigenvalue weighted by atomic mass is 9.75. The van der Waals surface area contributed by atoms with Gasteiger partial charge in [-0.2, -0.15) is 0 Å². The van der Waals surface area contributed by atoms with Gasteiger partial charge in [0.05, 0.1) is 31.8 Å². The van der Waals surface area contributed by atoms with Crippen LogP contribution < -0.4 is 18.9 Å². The zero-order valence-electron chi connectivity index (χ0n) is 29.8. The molecule has 0 fully saturated rings. The molecule has 3 aromatic carbocycles. The number of aryl methyl sites for hydroxylation is 1. The number of ether oxygens (including phenoxy) is 5. The average Bonchev–Trinajstić information content (AvgIpc) is 3.54. The fourth-order valence-corrected chi connectivity index (χ4v) is 8.19. The van der Waals surface area contributed by atoms with Gasteiger partial charge >= 0.3 is 6.09 Å². The summed E-state index contributed by atoms with van der Waals surface area (Å²) >= 11 is 0. The monoisotopic (exact) mass is 658 g/mol. The molecule has 4 atom stereocenters. The molecule has 0 aliphatic carbocycles. The standard InChI is InChI=1S/C39H50N2O7/c1-10-29-32-28(35(24(4)36-37(32)47-21-46-36)45-20-25-14-12-11-13-15-25)18-30(41(29)38(43)48-39(5,6)7)33-31-23(3)34(44-9)22(2)16-26(31)17-27(19-42)40(33)8/h11-16,27,29-30,33,42H,10,17-21H2,1-9H3/t27-,29-,30-,33?/m0/s1. The summed E-state index contributed by atoms with van der Waals surface area (Å²) in [6, 6.07) is 11.1. The van der Waals surface area contributed by atoms with Crippen molar-refractivity contribution in [3.05, 3.63) is 80.9 Å². The van der Waals surface area contributed by atoms with E-state index < -0.39 is 5.60 Å². The minimum absolute atomic E-state index is 0.00720. The van der Waals surface area contributed by atoms with Gasteiger partial charge in [0.2, 0.25) is 6.79 Å². The van der Waals surface area contributed by atoms with Crippen molar-refractivity contribution in [2.75, 3.05) is 27.6 Å². The summed E-state index contributed by atoms with van der Waals surface area (Å²) in [5.41, 5.74) is 7.56. The molecule has 0 aromatic heterocycles. The summed E-state index contributed by atoms with van der Waals surface area (Å²) in [5.74, 6) is 2.94. The minimum Gasteiger partial charge on any atom is -0.496 e. The molecule has 0 saturated carbocycles. The van der Waals surface area contributed by atoms with Gasteiger partial charge in [-0.25, -0.2) is 4.79 Å². The maximum absolute atomic E-state index is 14.5. The van der Waals surface area contributed by atoms with Gasteiger partial charge < -0.3 is 28.8 Å². The van der Waals surface area contributed by atoms with E-state index in [1.54, 1.807) is 7.11 Å². The molecule has 1 amide bonds. The number of benzene rings is 3. The van der Waals surface area contributed by atoms with Crippen molar-refractivity contribution in [2.45, 2.75) is 104 Å². The Labute approximate surface area is 284 Å². The van der Waals surface area contributed by atoms with Crippen molar-refractivity contribution >= 4 is 6.09 Å². The number of aliphatic hydroxyl groups excluding tert-OH is 1.